The number of hydrogen-bond donors (Lipinski definition) is 1. The van der Waals surface area contributed by atoms with Gasteiger partial charge in [-0.15, -0.1) is 0 Å². The van der Waals surface area contributed by atoms with Crippen LogP contribution in [0.25, 0.3) is 0 Å². The van der Waals surface area contributed by atoms with E-state index in [1.54, 1.807) is 12.1 Å². The second kappa shape index (κ2) is 5.51. The maximum atomic E-state index is 12.6. The molecule has 1 aliphatic rings. The summed E-state index contributed by atoms with van der Waals surface area (Å²) >= 11 is 0. The van der Waals surface area contributed by atoms with Crippen LogP contribution in [0.3, 0.4) is 0 Å². The predicted molar refractivity (Wildman–Crippen MR) is 66.8 cm³/mol. The van der Waals surface area contributed by atoms with Crippen LogP contribution in [-0.2, 0) is 6.42 Å². The normalized spacial score (nSPS) is 22.8. The molecule has 0 fully saturated rings. The zero-order valence-electron chi connectivity index (χ0n) is 10.8. The molecule has 0 bridgehead atoms. The van der Waals surface area contributed by atoms with E-state index in [1.807, 2.05) is 19.1 Å². The number of fused-ring (bicyclic) bond motifs is 1. The number of benzene rings is 1. The van der Waals surface area contributed by atoms with E-state index >= 15 is 0 Å². The van der Waals surface area contributed by atoms with Crippen molar-refractivity contribution in [1.82, 2.24) is 4.90 Å². The van der Waals surface area contributed by atoms with E-state index in [-0.39, 0.29) is 0 Å². The van der Waals surface area contributed by atoms with Crippen LogP contribution in [0.4, 0.5) is 13.2 Å². The minimum absolute atomic E-state index is 0.342. The summed E-state index contributed by atoms with van der Waals surface area (Å²) in [6, 6.07) is 6.84. The molecule has 2 rings (SSSR count). The number of aliphatic hydroxyl groups is 1. The van der Waals surface area contributed by atoms with Crippen molar-refractivity contribution < 1.29 is 18.3 Å². The van der Waals surface area contributed by atoms with Gasteiger partial charge in [0.1, 0.15) is 0 Å². The van der Waals surface area contributed by atoms with Gasteiger partial charge in [-0.2, -0.15) is 13.2 Å². The van der Waals surface area contributed by atoms with Crippen molar-refractivity contribution in [2.45, 2.75) is 38.1 Å². The summed E-state index contributed by atoms with van der Waals surface area (Å²) in [6.45, 7) is 1.23. The maximum absolute atomic E-state index is 12.6. The van der Waals surface area contributed by atoms with Gasteiger partial charge in [0.05, 0.1) is 12.6 Å². The molecule has 5 heteroatoms. The average molecular weight is 273 g/mol. The summed E-state index contributed by atoms with van der Waals surface area (Å²) in [5, 5.41) is 10.2. The van der Waals surface area contributed by atoms with Gasteiger partial charge in [-0.25, -0.2) is 0 Å². The number of hydrogen-bond acceptors (Lipinski definition) is 2. The fourth-order valence-electron chi connectivity index (χ4n) is 2.76. The third-order valence-electron chi connectivity index (χ3n) is 3.53. The second-order valence-electron chi connectivity index (χ2n) is 5.00. The van der Waals surface area contributed by atoms with E-state index in [9.17, 15) is 18.3 Å². The van der Waals surface area contributed by atoms with Crippen LogP contribution in [0.2, 0.25) is 0 Å². The first-order chi connectivity index (χ1) is 8.92. The summed E-state index contributed by atoms with van der Waals surface area (Å²) < 4.78 is 37.8. The molecule has 0 saturated carbocycles. The van der Waals surface area contributed by atoms with Gasteiger partial charge in [-0.05, 0) is 30.5 Å². The van der Waals surface area contributed by atoms with E-state index in [0.717, 1.165) is 11.1 Å². The Kier molecular flexibility index (Phi) is 4.16. The van der Waals surface area contributed by atoms with Gasteiger partial charge in [0.15, 0.2) is 0 Å². The van der Waals surface area contributed by atoms with Crippen LogP contribution < -0.4 is 0 Å². The Balaban J connectivity index is 2.16. The third kappa shape index (κ3) is 3.28. The van der Waals surface area contributed by atoms with E-state index in [1.165, 1.54) is 4.90 Å². The lowest BCUT2D eigenvalue weighted by Gasteiger charge is -2.31. The third-order valence-corrected chi connectivity index (χ3v) is 3.53. The summed E-state index contributed by atoms with van der Waals surface area (Å²) in [6.07, 6.45) is -3.95. The molecular weight excluding hydrogens is 255 g/mol. The van der Waals surface area contributed by atoms with E-state index in [0.29, 0.717) is 19.4 Å². The van der Waals surface area contributed by atoms with Crippen molar-refractivity contribution in [3.63, 3.8) is 0 Å². The highest BCUT2D eigenvalue weighted by Crippen LogP contribution is 2.35. The summed E-state index contributed by atoms with van der Waals surface area (Å²) in [4.78, 5) is 1.35. The monoisotopic (exact) mass is 273 g/mol. The molecule has 2 nitrogen and oxygen atoms in total. The number of rotatable bonds is 4. The molecule has 19 heavy (non-hydrogen) atoms. The van der Waals surface area contributed by atoms with E-state index in [2.05, 4.69) is 0 Å². The van der Waals surface area contributed by atoms with Gasteiger partial charge in [0.2, 0.25) is 0 Å². The Morgan fingerprint density at radius 3 is 2.58 bits per heavy atom. The highest BCUT2D eigenvalue weighted by atomic mass is 19.4. The molecule has 0 saturated heterocycles. The standard InChI is InChI=1S/C14H18F3NO/c1-2-7-18(9-14(15,16)17)12-8-10-5-3-4-6-11(10)13(12)19/h3-6,12-13,19H,2,7-9H2,1H3. The van der Waals surface area contributed by atoms with Crippen LogP contribution in [-0.4, -0.2) is 35.3 Å². The molecule has 2 atom stereocenters. The minimum Gasteiger partial charge on any atom is -0.387 e. The van der Waals surface area contributed by atoms with Crippen LogP contribution >= 0.6 is 0 Å². The van der Waals surface area contributed by atoms with Crippen molar-refractivity contribution in [1.29, 1.82) is 0 Å². The van der Waals surface area contributed by atoms with Crippen molar-refractivity contribution in [3.8, 4) is 0 Å². The quantitative estimate of drug-likeness (QED) is 0.911. The van der Waals surface area contributed by atoms with Crippen molar-refractivity contribution in [2.75, 3.05) is 13.1 Å². The molecule has 0 heterocycles. The van der Waals surface area contributed by atoms with Crippen molar-refractivity contribution >= 4 is 0 Å². The zero-order valence-corrected chi connectivity index (χ0v) is 10.8. The van der Waals surface area contributed by atoms with Gasteiger partial charge in [-0.1, -0.05) is 31.2 Å². The lowest BCUT2D eigenvalue weighted by Crippen LogP contribution is -2.44. The molecule has 0 amide bonds. The molecule has 106 valence electrons. The zero-order chi connectivity index (χ0) is 14.0. The van der Waals surface area contributed by atoms with Gasteiger partial charge < -0.3 is 5.11 Å². The fourth-order valence-corrected chi connectivity index (χ4v) is 2.76. The van der Waals surface area contributed by atoms with Crippen molar-refractivity contribution in [2.24, 2.45) is 0 Å². The molecule has 0 aromatic heterocycles. The Hall–Kier alpha value is -1.07. The molecule has 1 aromatic carbocycles. The topological polar surface area (TPSA) is 23.5 Å². The highest BCUT2D eigenvalue weighted by molar-refractivity contribution is 5.35. The van der Waals surface area contributed by atoms with Crippen LogP contribution in [0.1, 0.15) is 30.6 Å². The van der Waals surface area contributed by atoms with Crippen LogP contribution in [0.15, 0.2) is 24.3 Å². The molecule has 0 radical (unpaired) electrons. The lowest BCUT2D eigenvalue weighted by molar-refractivity contribution is -0.155. The molecule has 1 N–H and O–H groups in total. The molecule has 0 spiro atoms. The first-order valence-corrected chi connectivity index (χ1v) is 6.49. The van der Waals surface area contributed by atoms with Gasteiger partial charge >= 0.3 is 6.18 Å². The maximum Gasteiger partial charge on any atom is 0.401 e. The van der Waals surface area contributed by atoms with Gasteiger partial charge in [0, 0.05) is 6.04 Å². The first kappa shape index (κ1) is 14.3. The average Bonchev–Trinajstić information content (AvgIpc) is 2.65. The van der Waals surface area contributed by atoms with Gasteiger partial charge in [0.25, 0.3) is 0 Å². The molecule has 2 unspecified atom stereocenters. The Labute approximate surface area is 110 Å². The predicted octanol–water partition coefficient (Wildman–Crippen LogP) is 2.92. The Morgan fingerprint density at radius 2 is 2.00 bits per heavy atom. The van der Waals surface area contributed by atoms with Crippen LogP contribution in [0.5, 0.6) is 0 Å². The lowest BCUT2D eigenvalue weighted by atomic mass is 10.1. The Bertz CT molecular complexity index is 433. The number of nitrogens with zero attached hydrogens (tertiary/aromatic N) is 1. The van der Waals surface area contributed by atoms with E-state index < -0.39 is 24.9 Å². The largest absolute Gasteiger partial charge is 0.401 e. The first-order valence-electron chi connectivity index (χ1n) is 6.49. The van der Waals surface area contributed by atoms with Crippen LogP contribution in [0, 0.1) is 0 Å². The highest BCUT2D eigenvalue weighted by Gasteiger charge is 2.39. The minimum atomic E-state index is -4.23. The Morgan fingerprint density at radius 1 is 1.32 bits per heavy atom. The second-order valence-corrected chi connectivity index (χ2v) is 5.00. The molecule has 1 aliphatic carbocycles. The number of halogens is 3. The van der Waals surface area contributed by atoms with Gasteiger partial charge in [-0.3, -0.25) is 4.90 Å². The number of alkyl halides is 3. The molecule has 0 aliphatic heterocycles. The summed E-state index contributed by atoms with van der Waals surface area (Å²) in [5.41, 5.74) is 1.71. The summed E-state index contributed by atoms with van der Waals surface area (Å²) in [5.74, 6) is 0. The van der Waals surface area contributed by atoms with Crippen molar-refractivity contribution in [3.05, 3.63) is 35.4 Å². The fraction of sp³-hybridized carbons (Fsp3) is 0.571. The smallest absolute Gasteiger partial charge is 0.387 e. The molecule has 1 aromatic rings. The molecular formula is C14H18F3NO. The number of aliphatic hydroxyl groups excluding tert-OH is 1. The summed E-state index contributed by atoms with van der Waals surface area (Å²) in [7, 11) is 0. The SMILES string of the molecule is CCCN(CC(F)(F)F)C1Cc2ccccc2C1O. The van der Waals surface area contributed by atoms with E-state index in [4.69, 9.17) is 0 Å².